The highest BCUT2D eigenvalue weighted by Crippen LogP contribution is 2.17. The van der Waals surface area contributed by atoms with Crippen molar-refractivity contribution in [3.63, 3.8) is 0 Å². The second-order valence-electron chi connectivity index (χ2n) is 7.64. The Labute approximate surface area is 187 Å². The number of amides is 1. The summed E-state index contributed by atoms with van der Waals surface area (Å²) in [7, 11) is -3.23. The Balaban J connectivity index is 1.41. The number of nitrogens with zero attached hydrogens (tertiary/aromatic N) is 3. The van der Waals surface area contributed by atoms with Crippen LogP contribution in [0.25, 0.3) is 11.2 Å². The number of pyridine rings is 1. The minimum Gasteiger partial charge on any atom is -0.352 e. The van der Waals surface area contributed by atoms with Gasteiger partial charge in [-0.15, -0.1) is 0 Å². The maximum atomic E-state index is 12.4. The Bertz CT molecular complexity index is 1330. The fourth-order valence-electron chi connectivity index (χ4n) is 3.50. The Hall–Kier alpha value is -3.52. The van der Waals surface area contributed by atoms with Gasteiger partial charge >= 0.3 is 0 Å². The molecule has 8 heteroatoms. The van der Waals surface area contributed by atoms with E-state index in [4.69, 9.17) is 4.98 Å². The zero-order valence-electron chi connectivity index (χ0n) is 17.7. The molecule has 0 spiro atoms. The largest absolute Gasteiger partial charge is 0.352 e. The molecule has 0 aliphatic carbocycles. The fraction of sp³-hybridized carbons (Fsp3) is 0.208. The summed E-state index contributed by atoms with van der Waals surface area (Å²) in [6.45, 7) is 0.975. The molecule has 0 aliphatic heterocycles. The second kappa shape index (κ2) is 9.32. The summed E-state index contributed by atoms with van der Waals surface area (Å²) in [5.74, 6) is 0.721. The van der Waals surface area contributed by atoms with Gasteiger partial charge in [-0.3, -0.25) is 4.79 Å². The summed E-state index contributed by atoms with van der Waals surface area (Å²) in [5.41, 5.74) is 3.59. The Morgan fingerprint density at radius 2 is 1.72 bits per heavy atom. The van der Waals surface area contributed by atoms with Gasteiger partial charge in [-0.05, 0) is 35.4 Å². The predicted molar refractivity (Wildman–Crippen MR) is 123 cm³/mol. The molecular formula is C24H24N4O3S. The first-order chi connectivity index (χ1) is 15.4. The molecule has 0 saturated carbocycles. The zero-order valence-corrected chi connectivity index (χ0v) is 18.5. The second-order valence-corrected chi connectivity index (χ2v) is 9.65. The van der Waals surface area contributed by atoms with Gasteiger partial charge in [0.1, 0.15) is 11.3 Å². The Kier molecular flexibility index (Phi) is 6.32. The number of imidazole rings is 1. The highest BCUT2D eigenvalue weighted by atomic mass is 32.2. The molecule has 7 nitrogen and oxygen atoms in total. The lowest BCUT2D eigenvalue weighted by atomic mass is 10.2. The van der Waals surface area contributed by atoms with E-state index in [1.807, 2.05) is 30.3 Å². The van der Waals surface area contributed by atoms with Crippen LogP contribution in [0.1, 0.15) is 23.4 Å². The molecule has 0 aliphatic rings. The maximum Gasteiger partial charge on any atom is 0.220 e. The number of carbonyl (C=O) groups is 1. The molecule has 1 amide bonds. The highest BCUT2D eigenvalue weighted by molar-refractivity contribution is 7.90. The fourth-order valence-corrected chi connectivity index (χ4v) is 4.13. The summed E-state index contributed by atoms with van der Waals surface area (Å²) < 4.78 is 25.2. The number of hydrogen-bond donors (Lipinski definition) is 1. The molecule has 164 valence electrons. The van der Waals surface area contributed by atoms with Gasteiger partial charge in [-0.25, -0.2) is 18.4 Å². The molecule has 0 saturated heterocycles. The summed E-state index contributed by atoms with van der Waals surface area (Å²) in [6, 6.07) is 20.4. The van der Waals surface area contributed by atoms with E-state index in [1.54, 1.807) is 30.5 Å². The number of carbonyl (C=O) groups excluding carboxylic acids is 1. The van der Waals surface area contributed by atoms with Crippen LogP contribution in [0.15, 0.2) is 77.8 Å². The van der Waals surface area contributed by atoms with Gasteiger partial charge in [0, 0.05) is 31.8 Å². The number of sulfone groups is 1. The van der Waals surface area contributed by atoms with Crippen molar-refractivity contribution in [1.82, 2.24) is 19.9 Å². The lowest BCUT2D eigenvalue weighted by molar-refractivity contribution is -0.121. The van der Waals surface area contributed by atoms with Gasteiger partial charge in [0.25, 0.3) is 0 Å². The van der Waals surface area contributed by atoms with Crippen LogP contribution in [-0.2, 0) is 34.1 Å². The molecule has 0 atom stereocenters. The molecule has 0 unspecified atom stereocenters. The van der Waals surface area contributed by atoms with E-state index in [0.29, 0.717) is 25.9 Å². The highest BCUT2D eigenvalue weighted by Gasteiger charge is 2.14. The van der Waals surface area contributed by atoms with Crippen LogP contribution in [0.5, 0.6) is 0 Å². The van der Waals surface area contributed by atoms with E-state index in [0.717, 1.165) is 28.1 Å². The number of fused-ring (bicyclic) bond motifs is 1. The van der Waals surface area contributed by atoms with Crippen molar-refractivity contribution in [2.75, 3.05) is 6.26 Å². The molecule has 0 bridgehead atoms. The number of rotatable bonds is 8. The van der Waals surface area contributed by atoms with Gasteiger partial charge in [0.15, 0.2) is 15.5 Å². The van der Waals surface area contributed by atoms with Gasteiger partial charge in [-0.2, -0.15) is 0 Å². The third-order valence-electron chi connectivity index (χ3n) is 5.18. The van der Waals surface area contributed by atoms with Gasteiger partial charge in [0.2, 0.25) is 5.91 Å². The molecule has 2 aromatic carbocycles. The lowest BCUT2D eigenvalue weighted by Gasteiger charge is -2.09. The summed E-state index contributed by atoms with van der Waals surface area (Å²) in [4.78, 5) is 21.9. The first-order valence-corrected chi connectivity index (χ1v) is 12.2. The van der Waals surface area contributed by atoms with E-state index < -0.39 is 9.84 Å². The van der Waals surface area contributed by atoms with Crippen LogP contribution in [0.3, 0.4) is 0 Å². The number of benzene rings is 2. The summed E-state index contributed by atoms with van der Waals surface area (Å²) in [6.07, 6.45) is 3.70. The minimum absolute atomic E-state index is 0.0940. The molecule has 0 fully saturated rings. The van der Waals surface area contributed by atoms with Gasteiger partial charge in [-0.1, -0.05) is 42.5 Å². The van der Waals surface area contributed by atoms with Crippen molar-refractivity contribution in [2.45, 2.75) is 30.8 Å². The van der Waals surface area contributed by atoms with Crippen molar-refractivity contribution in [3.8, 4) is 0 Å². The quantitative estimate of drug-likeness (QED) is 0.447. The van der Waals surface area contributed by atoms with Crippen LogP contribution in [-0.4, -0.2) is 35.1 Å². The average molecular weight is 449 g/mol. The van der Waals surface area contributed by atoms with Crippen LogP contribution in [0.4, 0.5) is 0 Å². The topological polar surface area (TPSA) is 93.9 Å². The first kappa shape index (κ1) is 21.7. The predicted octanol–water partition coefficient (Wildman–Crippen LogP) is 3.13. The van der Waals surface area contributed by atoms with Gasteiger partial charge < -0.3 is 9.88 Å². The van der Waals surface area contributed by atoms with Crippen LogP contribution >= 0.6 is 0 Å². The van der Waals surface area contributed by atoms with Crippen molar-refractivity contribution < 1.29 is 13.2 Å². The smallest absolute Gasteiger partial charge is 0.220 e. The summed E-state index contributed by atoms with van der Waals surface area (Å²) >= 11 is 0. The van der Waals surface area contributed by atoms with Crippen LogP contribution in [0, 0.1) is 0 Å². The molecule has 4 aromatic rings. The van der Waals surface area contributed by atoms with E-state index in [1.165, 1.54) is 6.26 Å². The molecule has 4 rings (SSSR count). The third kappa shape index (κ3) is 5.20. The summed E-state index contributed by atoms with van der Waals surface area (Å²) in [5, 5.41) is 2.89. The van der Waals surface area contributed by atoms with Crippen LogP contribution in [0.2, 0.25) is 0 Å². The molecule has 0 radical (unpaired) electrons. The Morgan fingerprint density at radius 3 is 2.44 bits per heavy atom. The number of nitrogens with one attached hydrogen (secondary N) is 1. The van der Waals surface area contributed by atoms with Crippen molar-refractivity contribution in [2.24, 2.45) is 0 Å². The number of hydrogen-bond acceptors (Lipinski definition) is 5. The molecular weight excluding hydrogens is 424 g/mol. The molecule has 2 heterocycles. The van der Waals surface area contributed by atoms with E-state index in [2.05, 4.69) is 27.0 Å². The zero-order chi connectivity index (χ0) is 22.6. The maximum absolute atomic E-state index is 12.4. The van der Waals surface area contributed by atoms with Crippen molar-refractivity contribution >= 4 is 26.9 Å². The first-order valence-electron chi connectivity index (χ1n) is 10.3. The number of aromatic nitrogens is 3. The average Bonchev–Trinajstić information content (AvgIpc) is 3.14. The molecule has 2 aromatic heterocycles. The monoisotopic (exact) mass is 448 g/mol. The van der Waals surface area contributed by atoms with Crippen molar-refractivity contribution in [1.29, 1.82) is 0 Å². The van der Waals surface area contributed by atoms with E-state index >= 15 is 0 Å². The normalized spacial score (nSPS) is 11.5. The van der Waals surface area contributed by atoms with E-state index in [9.17, 15) is 13.2 Å². The SMILES string of the molecule is CS(=O)(=O)c1ccc(CNC(=O)CCc2nc3cccnc3n2Cc2ccccc2)cc1. The molecule has 1 N–H and O–H groups in total. The third-order valence-corrected chi connectivity index (χ3v) is 6.31. The lowest BCUT2D eigenvalue weighted by Crippen LogP contribution is -2.23. The van der Waals surface area contributed by atoms with E-state index in [-0.39, 0.29) is 10.8 Å². The standard InChI is InChI=1S/C24H24N4O3S/c1-32(30,31)20-11-9-18(10-12-20)16-26-23(29)14-13-22-27-21-8-5-15-25-24(21)28(22)17-19-6-3-2-4-7-19/h2-12,15H,13-14,16-17H2,1H3,(H,26,29). The molecule has 32 heavy (non-hydrogen) atoms. The number of aryl methyl sites for hydroxylation is 1. The van der Waals surface area contributed by atoms with Gasteiger partial charge in [0.05, 0.1) is 11.4 Å². The van der Waals surface area contributed by atoms with Crippen molar-refractivity contribution in [3.05, 3.63) is 89.9 Å². The van der Waals surface area contributed by atoms with Crippen LogP contribution < -0.4 is 5.32 Å². The Morgan fingerprint density at radius 1 is 0.969 bits per heavy atom. The minimum atomic E-state index is -3.23.